The van der Waals surface area contributed by atoms with Gasteiger partial charge in [-0.05, 0) is 57.0 Å². The van der Waals surface area contributed by atoms with Crippen LogP contribution in [-0.4, -0.2) is 107 Å². The number of ketones is 2. The number of aromatic carboxylic acids is 1. The molecule has 3 aromatic heterocycles. The van der Waals surface area contributed by atoms with Gasteiger partial charge in [-0.25, -0.2) is 14.7 Å². The summed E-state index contributed by atoms with van der Waals surface area (Å²) in [6.07, 6.45) is -0.474. The van der Waals surface area contributed by atoms with E-state index in [1.807, 2.05) is 72.8 Å². The number of rotatable bonds is 10. The molecule has 0 saturated carbocycles. The van der Waals surface area contributed by atoms with Crippen molar-refractivity contribution in [2.24, 2.45) is 0 Å². The summed E-state index contributed by atoms with van der Waals surface area (Å²) in [5, 5.41) is 42.8. The molecule has 0 unspecified atom stereocenters. The van der Waals surface area contributed by atoms with E-state index in [-0.39, 0.29) is 39.0 Å². The summed E-state index contributed by atoms with van der Waals surface area (Å²) in [6.45, 7) is 1.47. The number of hydrogen-bond donors (Lipinski definition) is 7. The van der Waals surface area contributed by atoms with Gasteiger partial charge < -0.3 is 42.2 Å². The van der Waals surface area contributed by atoms with E-state index in [0.29, 0.717) is 0 Å². The van der Waals surface area contributed by atoms with Crippen LogP contribution in [0.15, 0.2) is 71.5 Å². The van der Waals surface area contributed by atoms with Crippen LogP contribution >= 0.6 is 34.8 Å². The van der Waals surface area contributed by atoms with Gasteiger partial charge in [0.1, 0.15) is 5.78 Å². The summed E-state index contributed by atoms with van der Waals surface area (Å²) in [4.78, 5) is 79.0. The van der Waals surface area contributed by atoms with Gasteiger partial charge in [0, 0.05) is 45.7 Å². The van der Waals surface area contributed by atoms with E-state index >= 15 is 0 Å². The molecule has 0 fully saturated rings. The molecule has 0 bridgehead atoms. The number of para-hydroxylation sites is 2. The molecule has 22 nitrogen and oxygen atoms in total. The van der Waals surface area contributed by atoms with Crippen LogP contribution in [0.5, 0.6) is 5.75 Å². The van der Waals surface area contributed by atoms with Gasteiger partial charge in [0.15, 0.2) is 27.4 Å². The zero-order valence-corrected chi connectivity index (χ0v) is 36.0. The lowest BCUT2D eigenvalue weighted by Gasteiger charge is -2.12. The number of nitrogens with one attached hydrogen (secondary N) is 4. The number of aromatic amines is 1. The Bertz CT molecular complexity index is 2770. The Kier molecular flexibility index (Phi) is 19.5. The first-order valence-corrected chi connectivity index (χ1v) is 18.6. The normalized spacial score (nSPS) is 11.2. The third kappa shape index (κ3) is 19.0. The van der Waals surface area contributed by atoms with Gasteiger partial charge in [0.25, 0.3) is 23.2 Å². The predicted molar refractivity (Wildman–Crippen MR) is 235 cm³/mol. The van der Waals surface area contributed by atoms with E-state index < -0.39 is 78.4 Å². The Morgan fingerprint density at radius 2 is 1.41 bits per heavy atom. The first-order chi connectivity index (χ1) is 32.5. The number of Topliss-reactive ketones (excluding diaryl/α,β-unsaturated/α-hetero) is 2. The number of benzene rings is 2. The number of carbonyl (C=O) groups is 6. The summed E-state index contributed by atoms with van der Waals surface area (Å²) >= 11 is 16.9. The second-order valence-electron chi connectivity index (χ2n) is 11.7. The highest BCUT2D eigenvalue weighted by Crippen LogP contribution is 2.24. The van der Waals surface area contributed by atoms with Crippen LogP contribution in [0, 0.1) is 13.8 Å². The van der Waals surface area contributed by atoms with Crippen molar-refractivity contribution < 1.29 is 56.7 Å². The molecule has 0 aliphatic carbocycles. The number of nitrogens with zero attached hydrogens (tertiary/aromatic N) is 7. The third-order valence-electron chi connectivity index (χ3n) is 6.98. The molecule has 2 amide bonds. The molecule has 64 heavy (non-hydrogen) atoms. The Morgan fingerprint density at radius 1 is 0.844 bits per heavy atom. The largest absolute Gasteiger partial charge is 0.505 e. The lowest BCUT2D eigenvalue weighted by Crippen LogP contribution is -2.28. The first-order valence-electron chi connectivity index (χ1n) is 20.4. The van der Waals surface area contributed by atoms with E-state index in [4.69, 9.17) is 64.5 Å². The maximum absolute atomic E-state index is 12.0. The number of esters is 1. The van der Waals surface area contributed by atoms with Gasteiger partial charge in [-0.1, -0.05) is 71.2 Å². The standard InChI is InChI=1S/C13H13ClN4O.C8H10N2O4.C7H9N.C6H5Cl2N3O.C5H4N2O4/c1-8-5-3-4-6-9(8)16-10-7-11(14)17-18-12(10)13(19)15-2;1-3-14-8(13)7(10-9)6(12)4-5(2)11;1-6-4-2-3-5-7(6)8;1-9-6(12)5-3(7)2-4(8)10-11-5;8-2-1-3(9)6-7-4(2)5(10)11/h3-7H,1-2H3,(H,15,19)(H,16,17);3-4H2,1-2H3;2-5H,8H2,1H3;2H,1H3,(H,9,12);1H,(H,10,11)(H2,6,8,9)/i2D3;;;1D3;. The van der Waals surface area contributed by atoms with Crippen molar-refractivity contribution in [1.29, 1.82) is 0 Å². The molecule has 0 aliphatic rings. The smallest absolute Gasteiger partial charge is 0.441 e. The van der Waals surface area contributed by atoms with Crippen LogP contribution in [-0.2, 0) is 19.1 Å². The molecule has 3 heterocycles. The Hall–Kier alpha value is -7.65. The molecule has 338 valence electrons. The van der Waals surface area contributed by atoms with Crippen LogP contribution in [0.25, 0.3) is 5.53 Å². The highest BCUT2D eigenvalue weighted by Gasteiger charge is 2.31. The predicted octanol–water partition coefficient (Wildman–Crippen LogP) is 4.20. The van der Waals surface area contributed by atoms with E-state index in [0.717, 1.165) is 28.6 Å². The number of carbonyl (C=O) groups excluding carboxylic acids is 5. The Labute approximate surface area is 387 Å². The molecule has 0 saturated heterocycles. The number of H-pyrrole nitrogens is 1. The summed E-state index contributed by atoms with van der Waals surface area (Å²) in [5.41, 5.74) is 15.5. The molecular weight excluding hydrogens is 903 g/mol. The highest BCUT2D eigenvalue weighted by atomic mass is 35.5. The summed E-state index contributed by atoms with van der Waals surface area (Å²) in [5.74, 6) is -6.11. The second kappa shape index (κ2) is 28.0. The molecule has 0 spiro atoms. The second-order valence-corrected chi connectivity index (χ2v) is 12.9. The van der Waals surface area contributed by atoms with Gasteiger partial charge in [0.2, 0.25) is 5.69 Å². The molecule has 25 heteroatoms. The number of hydrogen-bond acceptors (Lipinski definition) is 16. The minimum Gasteiger partial charge on any atom is -0.505 e. The molecule has 0 atom stereocenters. The summed E-state index contributed by atoms with van der Waals surface area (Å²) in [7, 11) is 0. The van der Waals surface area contributed by atoms with Crippen molar-refractivity contribution in [2.75, 3.05) is 31.6 Å². The minimum atomic E-state index is -2.61. The third-order valence-corrected chi connectivity index (χ3v) is 7.63. The van der Waals surface area contributed by atoms with Crippen molar-refractivity contribution in [2.45, 2.75) is 34.1 Å². The number of nitrogens with two attached hydrogens (primary N) is 1. The number of aryl methyl sites for hydroxylation is 2. The van der Waals surface area contributed by atoms with Crippen molar-refractivity contribution in [3.63, 3.8) is 0 Å². The monoisotopic (exact) mass is 948 g/mol. The van der Waals surface area contributed by atoms with Gasteiger partial charge in [-0.3, -0.25) is 24.0 Å². The van der Waals surface area contributed by atoms with Crippen molar-refractivity contribution in [3.8, 4) is 5.75 Å². The van der Waals surface area contributed by atoms with Crippen LogP contribution in [0.1, 0.15) is 71.1 Å². The van der Waals surface area contributed by atoms with Crippen molar-refractivity contribution >= 4 is 92.9 Å². The molecule has 5 rings (SSSR count). The van der Waals surface area contributed by atoms with Gasteiger partial charge >= 0.3 is 17.7 Å². The van der Waals surface area contributed by atoms with E-state index in [1.54, 1.807) is 12.2 Å². The number of nitrogen functional groups attached to an aromatic ring is 1. The maximum atomic E-state index is 12.0. The molecule has 0 aliphatic heterocycles. The fourth-order valence-electron chi connectivity index (χ4n) is 3.97. The van der Waals surface area contributed by atoms with Crippen molar-refractivity contribution in [3.05, 3.63) is 126 Å². The number of anilines is 3. The lowest BCUT2D eigenvalue weighted by molar-refractivity contribution is -0.141. The van der Waals surface area contributed by atoms with Gasteiger partial charge in [-0.2, -0.15) is 9.89 Å². The van der Waals surface area contributed by atoms with E-state index in [1.165, 1.54) is 19.1 Å². The summed E-state index contributed by atoms with van der Waals surface area (Å²) in [6, 6.07) is 18.6. The van der Waals surface area contributed by atoms with Crippen LogP contribution in [0.2, 0.25) is 15.3 Å². The quantitative estimate of drug-likeness (QED) is 0.0257. The number of aromatic nitrogens is 6. The van der Waals surface area contributed by atoms with Crippen LogP contribution in [0.4, 0.5) is 17.1 Å². The topological polar surface area (TPSA) is 348 Å². The Balaban J connectivity index is 0.000000455. The number of amides is 2. The van der Waals surface area contributed by atoms with E-state index in [9.17, 15) is 33.6 Å². The average molecular weight is 950 g/mol. The maximum Gasteiger partial charge on any atom is 0.441 e. The van der Waals surface area contributed by atoms with Crippen LogP contribution < -0.4 is 27.2 Å². The zero-order valence-electron chi connectivity index (χ0n) is 39.8. The first kappa shape index (κ1) is 44.4. The van der Waals surface area contributed by atoms with Crippen molar-refractivity contribution in [1.82, 2.24) is 41.2 Å². The lowest BCUT2D eigenvalue weighted by atomic mass is 10.1. The highest BCUT2D eigenvalue weighted by molar-refractivity contribution is 6.63. The fraction of sp³-hybridized carbons (Fsp3) is 0.205. The van der Waals surface area contributed by atoms with E-state index in [2.05, 4.69) is 40.3 Å². The number of aromatic hydroxyl groups is 1. The summed E-state index contributed by atoms with van der Waals surface area (Å²) < 4.78 is 46.1. The molecule has 8 N–H and O–H groups in total. The Morgan fingerprint density at radius 3 is 1.89 bits per heavy atom. The van der Waals surface area contributed by atoms with Gasteiger partial charge in [-0.15, -0.1) is 20.4 Å². The van der Waals surface area contributed by atoms with Gasteiger partial charge in [0.05, 0.1) is 23.7 Å². The average Bonchev–Trinajstić information content (AvgIpc) is 3.22. The van der Waals surface area contributed by atoms with Crippen LogP contribution in [0.3, 0.4) is 0 Å². The number of carboxylic acid groups (broad SMARTS) is 1. The molecule has 5 aromatic rings. The molecular formula is C39H41Cl3N12O10. The minimum absolute atomic E-state index is 0.0189. The number of halogens is 3. The zero-order chi connectivity index (χ0) is 53.5. The number of ether oxygens (including phenoxy) is 1. The number of carboxylic acids is 1. The molecule has 2 aromatic carbocycles. The SMILES string of the molecule is CCOC(=O)C(=[N+]=[N-])C(=O)CC(C)=O.Cc1ccccc1N.O=C(O)c1n[nH]c(=O)cc1O.[2H]C([2H])([2H])NC(=O)c1nnc(Cl)cc1Cl.[2H]C([2H])([2H])NC(=O)c1nnc(Cl)cc1Nc1ccccc1C. The molecule has 0 radical (unpaired) electrons. The fourth-order valence-corrected chi connectivity index (χ4v) is 4.54.